The van der Waals surface area contributed by atoms with Crippen LogP contribution in [0.4, 0.5) is 0 Å². The van der Waals surface area contributed by atoms with Crippen LogP contribution >= 0.6 is 12.4 Å². The van der Waals surface area contributed by atoms with Gasteiger partial charge in [0.05, 0.1) is 6.54 Å². The zero-order valence-corrected chi connectivity index (χ0v) is 10.5. The Morgan fingerprint density at radius 3 is 2.88 bits per heavy atom. The monoisotopic (exact) mass is 252 g/mol. The summed E-state index contributed by atoms with van der Waals surface area (Å²) in [5.41, 5.74) is 6.85. The summed E-state index contributed by atoms with van der Waals surface area (Å²) in [5.74, 6) is 1.04. The Balaban J connectivity index is 0.00000108. The molecule has 0 saturated carbocycles. The summed E-state index contributed by atoms with van der Waals surface area (Å²) in [4.78, 5) is 2.35. The van der Waals surface area contributed by atoms with Crippen molar-refractivity contribution >= 4 is 23.4 Å². The van der Waals surface area contributed by atoms with E-state index in [2.05, 4.69) is 17.0 Å². The molecule has 0 amide bonds. The highest BCUT2D eigenvalue weighted by atomic mass is 35.5. The number of fused-ring (bicyclic) bond motifs is 1. The molecule has 1 aromatic heterocycles. The van der Waals surface area contributed by atoms with Crippen LogP contribution in [0.2, 0.25) is 0 Å². The summed E-state index contributed by atoms with van der Waals surface area (Å²) in [5, 5.41) is 1.18. The standard InChI is InChI=1S/C13H16N2O.ClH/c14-11-5-6-15(8-11)9-12-7-10-3-1-2-4-13(10)16-12;/h1-4,7,11H,5-6,8-9,14H2;1H. The molecule has 1 fully saturated rings. The molecule has 2 N–H and O–H groups in total. The fourth-order valence-corrected chi connectivity index (χ4v) is 2.34. The predicted molar refractivity (Wildman–Crippen MR) is 71.3 cm³/mol. The molecule has 1 aliphatic rings. The quantitative estimate of drug-likeness (QED) is 0.893. The number of para-hydroxylation sites is 1. The molecule has 2 heterocycles. The van der Waals surface area contributed by atoms with Crippen molar-refractivity contribution in [3.8, 4) is 0 Å². The number of nitrogens with two attached hydrogens (primary N) is 1. The van der Waals surface area contributed by atoms with E-state index in [1.54, 1.807) is 0 Å². The molecule has 17 heavy (non-hydrogen) atoms. The number of likely N-dealkylation sites (tertiary alicyclic amines) is 1. The average molecular weight is 253 g/mol. The molecule has 3 rings (SSSR count). The molecule has 0 radical (unpaired) electrons. The Bertz CT molecular complexity index is 464. The Hall–Kier alpha value is -1.03. The van der Waals surface area contributed by atoms with Crippen molar-refractivity contribution in [1.82, 2.24) is 4.90 Å². The van der Waals surface area contributed by atoms with Crippen molar-refractivity contribution in [2.24, 2.45) is 5.73 Å². The molecule has 1 aliphatic heterocycles. The SMILES string of the molecule is Cl.NC1CCN(Cc2cc3ccccc3o2)C1. The van der Waals surface area contributed by atoms with E-state index in [1.807, 2.05) is 18.2 Å². The largest absolute Gasteiger partial charge is 0.460 e. The van der Waals surface area contributed by atoms with Crippen LogP contribution in [0.5, 0.6) is 0 Å². The van der Waals surface area contributed by atoms with E-state index >= 15 is 0 Å². The van der Waals surface area contributed by atoms with Crippen LogP contribution in [-0.4, -0.2) is 24.0 Å². The minimum absolute atomic E-state index is 0. The number of halogens is 1. The lowest BCUT2D eigenvalue weighted by Crippen LogP contribution is -2.26. The maximum absolute atomic E-state index is 5.88. The van der Waals surface area contributed by atoms with E-state index in [0.717, 1.165) is 37.4 Å². The lowest BCUT2D eigenvalue weighted by atomic mass is 10.2. The van der Waals surface area contributed by atoms with Gasteiger partial charge in [0.2, 0.25) is 0 Å². The minimum Gasteiger partial charge on any atom is -0.460 e. The lowest BCUT2D eigenvalue weighted by Gasteiger charge is -2.12. The maximum atomic E-state index is 5.88. The molecule has 0 bridgehead atoms. The average Bonchev–Trinajstić information content (AvgIpc) is 2.84. The fourth-order valence-electron chi connectivity index (χ4n) is 2.34. The van der Waals surface area contributed by atoms with E-state index in [1.165, 1.54) is 5.39 Å². The van der Waals surface area contributed by atoms with Crippen LogP contribution in [-0.2, 0) is 6.54 Å². The zero-order chi connectivity index (χ0) is 11.0. The van der Waals surface area contributed by atoms with Gasteiger partial charge in [0, 0.05) is 24.5 Å². The molecule has 0 spiro atoms. The van der Waals surface area contributed by atoms with E-state index in [9.17, 15) is 0 Å². The summed E-state index contributed by atoms with van der Waals surface area (Å²) in [7, 11) is 0. The van der Waals surface area contributed by atoms with Gasteiger partial charge in [-0.1, -0.05) is 18.2 Å². The molecule has 1 saturated heterocycles. The van der Waals surface area contributed by atoms with Gasteiger partial charge in [0.1, 0.15) is 11.3 Å². The van der Waals surface area contributed by atoms with Crippen molar-refractivity contribution < 1.29 is 4.42 Å². The number of benzene rings is 1. The highest BCUT2D eigenvalue weighted by molar-refractivity contribution is 5.85. The molecule has 1 aromatic carbocycles. The maximum Gasteiger partial charge on any atom is 0.134 e. The van der Waals surface area contributed by atoms with Crippen LogP contribution in [0, 0.1) is 0 Å². The number of furan rings is 1. The smallest absolute Gasteiger partial charge is 0.134 e. The van der Waals surface area contributed by atoms with Gasteiger partial charge < -0.3 is 10.2 Å². The third kappa shape index (κ3) is 2.63. The van der Waals surface area contributed by atoms with Gasteiger partial charge in [-0.3, -0.25) is 4.90 Å². The first kappa shape index (κ1) is 12.4. The molecule has 1 unspecified atom stereocenters. The topological polar surface area (TPSA) is 42.4 Å². The summed E-state index contributed by atoms with van der Waals surface area (Å²) < 4.78 is 5.78. The highest BCUT2D eigenvalue weighted by Crippen LogP contribution is 2.21. The first-order chi connectivity index (χ1) is 7.81. The molecule has 0 aliphatic carbocycles. The van der Waals surface area contributed by atoms with Gasteiger partial charge in [-0.2, -0.15) is 0 Å². The predicted octanol–water partition coefficient (Wildman–Crippen LogP) is 2.39. The molecule has 2 aromatic rings. The Labute approximate surface area is 107 Å². The van der Waals surface area contributed by atoms with Crippen molar-refractivity contribution in [3.63, 3.8) is 0 Å². The summed E-state index contributed by atoms with van der Waals surface area (Å²) in [6.45, 7) is 2.94. The minimum atomic E-state index is 0. The van der Waals surface area contributed by atoms with Crippen molar-refractivity contribution in [1.29, 1.82) is 0 Å². The second-order valence-corrected chi connectivity index (χ2v) is 4.53. The summed E-state index contributed by atoms with van der Waals surface area (Å²) in [6, 6.07) is 10.6. The van der Waals surface area contributed by atoms with Gasteiger partial charge in [0.25, 0.3) is 0 Å². The van der Waals surface area contributed by atoms with Gasteiger partial charge in [-0.05, 0) is 18.6 Å². The van der Waals surface area contributed by atoms with Crippen LogP contribution in [0.15, 0.2) is 34.7 Å². The third-order valence-corrected chi connectivity index (χ3v) is 3.16. The molecule has 4 heteroatoms. The van der Waals surface area contributed by atoms with Crippen LogP contribution in [0.25, 0.3) is 11.0 Å². The Morgan fingerprint density at radius 1 is 1.35 bits per heavy atom. The normalized spacial score (nSPS) is 20.6. The number of hydrogen-bond donors (Lipinski definition) is 1. The van der Waals surface area contributed by atoms with Crippen LogP contribution < -0.4 is 5.73 Å². The number of rotatable bonds is 2. The van der Waals surface area contributed by atoms with Gasteiger partial charge in [-0.15, -0.1) is 12.4 Å². The van der Waals surface area contributed by atoms with Crippen molar-refractivity contribution in [2.45, 2.75) is 19.0 Å². The van der Waals surface area contributed by atoms with Gasteiger partial charge >= 0.3 is 0 Å². The van der Waals surface area contributed by atoms with E-state index < -0.39 is 0 Å². The Morgan fingerprint density at radius 2 is 2.18 bits per heavy atom. The van der Waals surface area contributed by atoms with Crippen molar-refractivity contribution in [2.75, 3.05) is 13.1 Å². The van der Waals surface area contributed by atoms with Crippen LogP contribution in [0.1, 0.15) is 12.2 Å². The second-order valence-electron chi connectivity index (χ2n) is 4.53. The molecular formula is C13H17ClN2O. The summed E-state index contributed by atoms with van der Waals surface area (Å²) in [6.07, 6.45) is 1.10. The fraction of sp³-hybridized carbons (Fsp3) is 0.385. The Kier molecular flexibility index (Phi) is 3.72. The molecular weight excluding hydrogens is 236 g/mol. The number of hydrogen-bond acceptors (Lipinski definition) is 3. The van der Waals surface area contributed by atoms with E-state index in [0.29, 0.717) is 6.04 Å². The number of nitrogens with zero attached hydrogens (tertiary/aromatic N) is 1. The van der Waals surface area contributed by atoms with Crippen molar-refractivity contribution in [3.05, 3.63) is 36.1 Å². The van der Waals surface area contributed by atoms with Gasteiger partial charge in [0.15, 0.2) is 0 Å². The van der Waals surface area contributed by atoms with E-state index in [-0.39, 0.29) is 12.4 Å². The lowest BCUT2D eigenvalue weighted by molar-refractivity contribution is 0.298. The van der Waals surface area contributed by atoms with Gasteiger partial charge in [-0.25, -0.2) is 0 Å². The zero-order valence-electron chi connectivity index (χ0n) is 9.63. The summed E-state index contributed by atoms with van der Waals surface area (Å²) >= 11 is 0. The highest BCUT2D eigenvalue weighted by Gasteiger charge is 2.19. The molecule has 1 atom stereocenters. The first-order valence-electron chi connectivity index (χ1n) is 5.77. The van der Waals surface area contributed by atoms with E-state index in [4.69, 9.17) is 10.2 Å². The molecule has 3 nitrogen and oxygen atoms in total. The van der Waals surface area contributed by atoms with Crippen LogP contribution in [0.3, 0.4) is 0 Å². The molecule has 92 valence electrons. The third-order valence-electron chi connectivity index (χ3n) is 3.16. The first-order valence-corrected chi connectivity index (χ1v) is 5.77. The second kappa shape index (κ2) is 5.08.